The largest absolute Gasteiger partial charge is 1.00 e. The van der Waals surface area contributed by atoms with Crippen LogP contribution >= 0.6 is 15.4 Å². The molecule has 0 bridgehead atoms. The molecule has 1 aromatic rings. The number of aromatic nitrogens is 2. The summed E-state index contributed by atoms with van der Waals surface area (Å²) < 4.78 is 46.2. The average molecular weight is 714 g/mol. The Morgan fingerprint density at radius 1 is 1.24 bits per heavy atom. The second-order valence-corrected chi connectivity index (χ2v) is 13.9. The predicted molar refractivity (Wildman–Crippen MR) is 146 cm³/mol. The molecule has 2 fully saturated rings. The van der Waals surface area contributed by atoms with Crippen molar-refractivity contribution in [3.8, 4) is 0 Å². The Morgan fingerprint density at radius 3 is 2.46 bits per heavy atom. The molecule has 0 aliphatic carbocycles. The molecule has 2 aliphatic heterocycles. The second kappa shape index (κ2) is 16.7. The molecule has 1 unspecified atom stereocenters. The van der Waals surface area contributed by atoms with Crippen molar-refractivity contribution in [3.05, 3.63) is 22.7 Å². The van der Waals surface area contributed by atoms with E-state index in [-0.39, 0.29) is 35.4 Å². The number of aliphatic hydroxyl groups excluding tert-OH is 6. The fourth-order valence-corrected chi connectivity index (χ4v) is 6.54. The predicted octanol–water partition coefficient (Wildman–Crippen LogP) is -8.10. The standard InChI is InChI=1S/C22H38N4O17P2.Na/c1-10(28)24-15-11(29)6-22(9-41-45(37,38)39,43-19(15)16(31)12(30)7-27)3-5-44(35,36)40-8-13-17(32)18(33)20(42-13)26-4-2-14(23)25-21(26)34;/h2,4,11-13,15-20,27,29-33H,3,5-9H2,1H3,(H,24,28)(H,35,36)(H2,23,25,34)(H2,37,38,39);/q;+1/p-1/t11-,12+,13+,15+,16+,17+,18+,19+,20+,22-;/m0./s1. The maximum absolute atomic E-state index is 13.0. The third-order valence-corrected chi connectivity index (χ3v) is 9.00. The minimum Gasteiger partial charge on any atom is -0.862 e. The molecular weight excluding hydrogens is 677 g/mol. The number of phosphoric acid groups is 1. The maximum atomic E-state index is 13.0. The first-order chi connectivity index (χ1) is 20.8. The minimum absolute atomic E-state index is 0. The van der Waals surface area contributed by atoms with Gasteiger partial charge in [-0.3, -0.25) is 18.6 Å². The van der Waals surface area contributed by atoms with E-state index < -0.39 is 126 Å². The number of nitrogens with two attached hydrogens (primary N) is 1. The van der Waals surface area contributed by atoms with Crippen molar-refractivity contribution in [2.75, 3.05) is 31.7 Å². The van der Waals surface area contributed by atoms with Crippen molar-refractivity contribution < 1.29 is 108 Å². The van der Waals surface area contributed by atoms with Crippen LogP contribution < -0.4 is 46.1 Å². The number of hydrogen-bond acceptors (Lipinski definition) is 17. The van der Waals surface area contributed by atoms with Crippen LogP contribution in [0.25, 0.3) is 0 Å². The Hall–Kier alpha value is -0.910. The van der Waals surface area contributed by atoms with Crippen LogP contribution in [0.4, 0.5) is 5.82 Å². The van der Waals surface area contributed by atoms with Crippen LogP contribution in [0, 0.1) is 0 Å². The molecule has 0 amide bonds. The third-order valence-electron chi connectivity index (χ3n) is 7.20. The zero-order valence-electron chi connectivity index (χ0n) is 24.7. The Labute approximate surface area is 283 Å². The molecule has 0 spiro atoms. The molecule has 11 atom stereocenters. The Morgan fingerprint density at radius 2 is 1.89 bits per heavy atom. The van der Waals surface area contributed by atoms with Gasteiger partial charge in [-0.15, -0.1) is 0 Å². The summed E-state index contributed by atoms with van der Waals surface area (Å²) in [6.45, 7) is -1.79. The summed E-state index contributed by atoms with van der Waals surface area (Å²) in [5, 5.41) is 73.2. The van der Waals surface area contributed by atoms with Gasteiger partial charge in [0.05, 0.1) is 37.7 Å². The van der Waals surface area contributed by atoms with E-state index in [1.54, 1.807) is 0 Å². The number of nitrogens with zero attached hydrogens (tertiary/aromatic N) is 3. The van der Waals surface area contributed by atoms with Crippen LogP contribution in [0.3, 0.4) is 0 Å². The smallest absolute Gasteiger partial charge is 0.862 e. The molecular formula is C22H37N4NaO17P2. The van der Waals surface area contributed by atoms with E-state index in [0.29, 0.717) is 0 Å². The van der Waals surface area contributed by atoms with E-state index in [0.717, 1.165) is 17.7 Å². The molecule has 3 heterocycles. The zero-order valence-corrected chi connectivity index (χ0v) is 28.5. The summed E-state index contributed by atoms with van der Waals surface area (Å²) in [5.74, 6) is -0.926. The first kappa shape index (κ1) is 41.3. The van der Waals surface area contributed by atoms with Gasteiger partial charge in [0.1, 0.15) is 48.5 Å². The van der Waals surface area contributed by atoms with E-state index in [1.807, 2.05) is 0 Å². The molecule has 46 heavy (non-hydrogen) atoms. The molecule has 2 saturated heterocycles. The first-order valence-corrected chi connectivity index (χ1v) is 16.6. The number of rotatable bonds is 14. The van der Waals surface area contributed by atoms with Crippen LogP contribution in [0.2, 0.25) is 0 Å². The number of ether oxygens (including phenoxy) is 2. The van der Waals surface area contributed by atoms with E-state index in [9.17, 15) is 64.4 Å². The van der Waals surface area contributed by atoms with Gasteiger partial charge in [-0.25, -0.2) is 9.36 Å². The molecule has 0 saturated carbocycles. The van der Waals surface area contributed by atoms with Crippen molar-refractivity contribution in [2.24, 2.45) is 4.99 Å². The van der Waals surface area contributed by atoms with Gasteiger partial charge in [0.25, 0.3) is 0 Å². The number of anilines is 1. The molecule has 2 aliphatic rings. The van der Waals surface area contributed by atoms with Gasteiger partial charge < -0.3 is 70.2 Å². The third kappa shape index (κ3) is 10.8. The van der Waals surface area contributed by atoms with Gasteiger partial charge in [-0.2, -0.15) is 4.98 Å². The Kier molecular flexibility index (Phi) is 14.9. The van der Waals surface area contributed by atoms with Crippen LogP contribution in [0.15, 0.2) is 22.1 Å². The van der Waals surface area contributed by atoms with Crippen molar-refractivity contribution >= 4 is 27.1 Å². The summed E-state index contributed by atoms with van der Waals surface area (Å²) in [7, 11) is -9.91. The van der Waals surface area contributed by atoms with E-state index >= 15 is 0 Å². The van der Waals surface area contributed by atoms with E-state index in [4.69, 9.17) is 19.7 Å². The van der Waals surface area contributed by atoms with Crippen molar-refractivity contribution in [2.45, 2.75) is 80.4 Å². The molecule has 21 nitrogen and oxygen atoms in total. The molecule has 0 radical (unpaired) electrons. The second-order valence-electron chi connectivity index (χ2n) is 10.7. The molecule has 3 rings (SSSR count). The summed E-state index contributed by atoms with van der Waals surface area (Å²) in [4.78, 5) is 48.4. The van der Waals surface area contributed by atoms with E-state index in [1.165, 1.54) is 6.07 Å². The minimum atomic E-state index is -5.20. The molecule has 24 heteroatoms. The SMILES string of the molecule is CC([O-])=N[C@H]1[C@H]([C@H](O)[C@H](O)CO)O[C@](CCP(=O)(O)OC[C@H]2O[C@@H](n3ccc(N)nc3=O)[C@H](O)[C@@H]2O)(COP(=O)(O)O)C[C@@H]1O.[Na+]. The molecule has 0 aromatic carbocycles. The monoisotopic (exact) mass is 714 g/mol. The number of hydrogen-bond donors (Lipinski definition) is 10. The summed E-state index contributed by atoms with van der Waals surface area (Å²) >= 11 is 0. The quantitative estimate of drug-likeness (QED) is 0.0370. The van der Waals surface area contributed by atoms with Crippen LogP contribution in [-0.4, -0.2) is 141 Å². The van der Waals surface area contributed by atoms with Gasteiger partial charge in [-0.1, -0.05) is 0 Å². The number of nitrogen functional groups attached to an aromatic ring is 1. The van der Waals surface area contributed by atoms with Crippen molar-refractivity contribution in [3.63, 3.8) is 0 Å². The topological polar surface area (TPSA) is 349 Å². The van der Waals surface area contributed by atoms with Crippen LogP contribution in [0.1, 0.15) is 26.0 Å². The summed E-state index contributed by atoms with van der Waals surface area (Å²) in [6, 6.07) is -0.292. The van der Waals surface area contributed by atoms with Gasteiger partial charge in [0, 0.05) is 12.6 Å². The van der Waals surface area contributed by atoms with Gasteiger partial charge in [-0.05, 0) is 25.3 Å². The fourth-order valence-electron chi connectivity index (χ4n) is 4.94. The summed E-state index contributed by atoms with van der Waals surface area (Å²) in [6.07, 6.45) is -14.5. The number of phosphoric ester groups is 1. The maximum Gasteiger partial charge on any atom is 1.00 e. The first-order valence-electron chi connectivity index (χ1n) is 13.3. The zero-order chi connectivity index (χ0) is 33.9. The van der Waals surface area contributed by atoms with Gasteiger partial charge in [0.2, 0.25) is 0 Å². The molecule has 258 valence electrons. The van der Waals surface area contributed by atoms with Crippen LogP contribution in [0.5, 0.6) is 0 Å². The molecule has 11 N–H and O–H groups in total. The van der Waals surface area contributed by atoms with Crippen molar-refractivity contribution in [1.29, 1.82) is 0 Å². The van der Waals surface area contributed by atoms with Crippen LogP contribution in [-0.2, 0) is 27.7 Å². The van der Waals surface area contributed by atoms with E-state index in [2.05, 4.69) is 14.5 Å². The van der Waals surface area contributed by atoms with Gasteiger partial charge >= 0.3 is 50.7 Å². The Bertz CT molecular complexity index is 1350. The number of aliphatic imine (C=N–C) groups is 1. The van der Waals surface area contributed by atoms with Crippen molar-refractivity contribution in [1.82, 2.24) is 9.55 Å². The molecule has 1 aromatic heterocycles. The summed E-state index contributed by atoms with van der Waals surface area (Å²) in [5.41, 5.74) is 2.47. The fraction of sp³-hybridized carbons (Fsp3) is 0.773. The van der Waals surface area contributed by atoms with Gasteiger partial charge in [0.15, 0.2) is 6.23 Å². The number of aliphatic hydroxyl groups is 6. The Balaban J connectivity index is 0.00000736. The average Bonchev–Trinajstić information content (AvgIpc) is 3.22. The normalized spacial score (nSPS) is 33.2.